The molecule has 2 N–H and O–H groups in total. The van der Waals surface area contributed by atoms with Crippen LogP contribution in [0.4, 0.5) is 5.13 Å². The molecule has 0 amide bonds. The van der Waals surface area contributed by atoms with Gasteiger partial charge < -0.3 is 10.4 Å². The van der Waals surface area contributed by atoms with Gasteiger partial charge >= 0.3 is 0 Å². The predicted molar refractivity (Wildman–Crippen MR) is 47.3 cm³/mol. The Morgan fingerprint density at radius 2 is 2.42 bits per heavy atom. The highest BCUT2D eigenvalue weighted by molar-refractivity contribution is 7.09. The molecule has 0 aromatic carbocycles. The molecule has 5 heteroatoms. The number of anilines is 1. The van der Waals surface area contributed by atoms with Crippen LogP contribution in [-0.4, -0.2) is 26.6 Å². The number of aryl methyl sites for hydroxylation is 1. The Hall–Kier alpha value is -0.680. The van der Waals surface area contributed by atoms with Gasteiger partial charge in [0.2, 0.25) is 5.13 Å². The van der Waals surface area contributed by atoms with Crippen LogP contribution in [0.2, 0.25) is 0 Å². The number of nitrogens with zero attached hydrogens (tertiary/aromatic N) is 2. The Morgan fingerprint density at radius 1 is 1.58 bits per heavy atom. The minimum atomic E-state index is -0.200. The van der Waals surface area contributed by atoms with Gasteiger partial charge in [-0.3, -0.25) is 0 Å². The maximum absolute atomic E-state index is 9.27. The summed E-state index contributed by atoms with van der Waals surface area (Å²) in [6, 6.07) is 0.192. The highest BCUT2D eigenvalue weighted by Crippen LogP contribution is 2.24. The third kappa shape index (κ3) is 1.42. The third-order valence-electron chi connectivity index (χ3n) is 2.07. The topological polar surface area (TPSA) is 58.0 Å². The smallest absolute Gasteiger partial charge is 0.202 e. The molecular formula is C7H11N3OS. The Morgan fingerprint density at radius 3 is 2.83 bits per heavy atom. The first-order valence-corrected chi connectivity index (χ1v) is 4.78. The Bertz CT molecular complexity index is 275. The van der Waals surface area contributed by atoms with E-state index in [9.17, 15) is 5.11 Å². The predicted octanol–water partition coefficient (Wildman–Crippen LogP) is 0.782. The van der Waals surface area contributed by atoms with Crippen LogP contribution < -0.4 is 5.32 Å². The van der Waals surface area contributed by atoms with Gasteiger partial charge in [-0.25, -0.2) is 4.98 Å². The van der Waals surface area contributed by atoms with Gasteiger partial charge in [0.25, 0.3) is 0 Å². The summed E-state index contributed by atoms with van der Waals surface area (Å²) in [5.74, 6) is 0.788. The van der Waals surface area contributed by atoms with Gasteiger partial charge in [0.05, 0.1) is 12.1 Å². The van der Waals surface area contributed by atoms with E-state index in [4.69, 9.17) is 0 Å². The van der Waals surface area contributed by atoms with Crippen molar-refractivity contribution < 1.29 is 5.11 Å². The SMILES string of the molecule is Cc1nsc(NC2CCC2O)n1. The largest absolute Gasteiger partial charge is 0.391 e. The summed E-state index contributed by atoms with van der Waals surface area (Å²) in [6.45, 7) is 1.86. The summed E-state index contributed by atoms with van der Waals surface area (Å²) >= 11 is 1.35. The molecule has 12 heavy (non-hydrogen) atoms. The molecule has 1 heterocycles. The molecule has 2 rings (SSSR count). The van der Waals surface area contributed by atoms with E-state index in [1.54, 1.807) is 0 Å². The second-order valence-corrected chi connectivity index (χ2v) is 3.79. The zero-order valence-corrected chi connectivity index (χ0v) is 7.64. The molecule has 2 unspecified atom stereocenters. The fraction of sp³-hybridized carbons (Fsp3) is 0.714. The zero-order chi connectivity index (χ0) is 8.55. The molecule has 1 aromatic rings. The Kier molecular flexibility index (Phi) is 1.98. The molecule has 0 saturated heterocycles. The molecule has 4 nitrogen and oxygen atoms in total. The highest BCUT2D eigenvalue weighted by Gasteiger charge is 2.29. The minimum absolute atomic E-state index is 0.192. The van der Waals surface area contributed by atoms with Gasteiger partial charge in [0.1, 0.15) is 5.82 Å². The van der Waals surface area contributed by atoms with E-state index in [1.807, 2.05) is 6.92 Å². The molecule has 2 atom stereocenters. The molecule has 1 saturated carbocycles. The monoisotopic (exact) mass is 185 g/mol. The summed E-state index contributed by atoms with van der Waals surface area (Å²) in [7, 11) is 0. The summed E-state index contributed by atoms with van der Waals surface area (Å²) in [5, 5.41) is 13.2. The van der Waals surface area contributed by atoms with Crippen molar-refractivity contribution in [1.29, 1.82) is 0 Å². The molecule has 1 aromatic heterocycles. The van der Waals surface area contributed by atoms with E-state index >= 15 is 0 Å². The lowest BCUT2D eigenvalue weighted by Gasteiger charge is -2.32. The van der Waals surface area contributed by atoms with Gasteiger partial charge in [-0.2, -0.15) is 4.37 Å². The van der Waals surface area contributed by atoms with E-state index in [0.717, 1.165) is 23.8 Å². The van der Waals surface area contributed by atoms with Crippen LogP contribution in [0.15, 0.2) is 0 Å². The fourth-order valence-corrected chi connectivity index (χ4v) is 1.80. The van der Waals surface area contributed by atoms with Gasteiger partial charge in [-0.15, -0.1) is 0 Å². The van der Waals surface area contributed by atoms with Gasteiger partial charge in [0.15, 0.2) is 0 Å². The Balaban J connectivity index is 1.95. The van der Waals surface area contributed by atoms with Crippen LogP contribution in [0.25, 0.3) is 0 Å². The number of aromatic nitrogens is 2. The van der Waals surface area contributed by atoms with Crippen molar-refractivity contribution in [3.8, 4) is 0 Å². The minimum Gasteiger partial charge on any atom is -0.391 e. The van der Waals surface area contributed by atoms with Crippen molar-refractivity contribution in [2.24, 2.45) is 0 Å². The molecule has 1 fully saturated rings. The fourth-order valence-electron chi connectivity index (χ4n) is 1.17. The van der Waals surface area contributed by atoms with Crippen LogP contribution in [0.3, 0.4) is 0 Å². The van der Waals surface area contributed by atoms with Crippen molar-refractivity contribution in [3.63, 3.8) is 0 Å². The number of hydrogen-bond donors (Lipinski definition) is 2. The number of nitrogens with one attached hydrogen (secondary N) is 1. The highest BCUT2D eigenvalue weighted by atomic mass is 32.1. The molecule has 0 bridgehead atoms. The number of aliphatic hydroxyl groups is 1. The first kappa shape index (κ1) is 7.94. The standard InChI is InChI=1S/C7H11N3OS/c1-4-8-7(12-10-4)9-5-2-3-6(5)11/h5-6,11H,2-3H2,1H3,(H,8,9,10). The average molecular weight is 185 g/mol. The molecule has 66 valence electrons. The van der Waals surface area contributed by atoms with Crippen LogP contribution >= 0.6 is 11.5 Å². The van der Waals surface area contributed by atoms with Crippen molar-refractivity contribution in [2.75, 3.05) is 5.32 Å². The maximum atomic E-state index is 9.27. The molecule has 1 aliphatic rings. The second kappa shape index (κ2) is 2.99. The van der Waals surface area contributed by atoms with Gasteiger partial charge in [-0.1, -0.05) is 0 Å². The lowest BCUT2D eigenvalue weighted by Crippen LogP contribution is -2.42. The van der Waals surface area contributed by atoms with Crippen LogP contribution in [-0.2, 0) is 0 Å². The normalized spacial score (nSPS) is 28.2. The maximum Gasteiger partial charge on any atom is 0.202 e. The summed E-state index contributed by atoms with van der Waals surface area (Å²) in [5.41, 5.74) is 0. The first-order valence-electron chi connectivity index (χ1n) is 4.00. The molecule has 0 radical (unpaired) electrons. The van der Waals surface area contributed by atoms with E-state index in [2.05, 4.69) is 14.7 Å². The summed E-state index contributed by atoms with van der Waals surface area (Å²) < 4.78 is 4.04. The lowest BCUT2D eigenvalue weighted by molar-refractivity contribution is 0.0786. The van der Waals surface area contributed by atoms with E-state index in [1.165, 1.54) is 11.5 Å². The van der Waals surface area contributed by atoms with E-state index < -0.39 is 0 Å². The molecule has 0 aliphatic heterocycles. The van der Waals surface area contributed by atoms with Crippen LogP contribution in [0, 0.1) is 6.92 Å². The zero-order valence-electron chi connectivity index (χ0n) is 6.82. The van der Waals surface area contributed by atoms with Gasteiger partial charge in [0, 0.05) is 11.5 Å². The Labute approximate surface area is 74.8 Å². The number of rotatable bonds is 2. The summed E-state index contributed by atoms with van der Waals surface area (Å²) in [4.78, 5) is 4.15. The van der Waals surface area contributed by atoms with Crippen molar-refractivity contribution in [3.05, 3.63) is 5.82 Å². The van der Waals surface area contributed by atoms with Crippen LogP contribution in [0.1, 0.15) is 18.7 Å². The first-order chi connectivity index (χ1) is 5.75. The van der Waals surface area contributed by atoms with Crippen LogP contribution in [0.5, 0.6) is 0 Å². The second-order valence-electron chi connectivity index (χ2n) is 3.04. The number of aliphatic hydroxyl groups excluding tert-OH is 1. The third-order valence-corrected chi connectivity index (χ3v) is 2.81. The summed E-state index contributed by atoms with van der Waals surface area (Å²) in [6.07, 6.45) is 1.73. The molecule has 0 spiro atoms. The van der Waals surface area contributed by atoms with E-state index in [0.29, 0.717) is 0 Å². The molecular weight excluding hydrogens is 174 g/mol. The quantitative estimate of drug-likeness (QED) is 0.715. The van der Waals surface area contributed by atoms with Crippen molar-refractivity contribution in [2.45, 2.75) is 31.9 Å². The lowest BCUT2D eigenvalue weighted by atomic mass is 9.89. The molecule has 1 aliphatic carbocycles. The van der Waals surface area contributed by atoms with Crippen molar-refractivity contribution in [1.82, 2.24) is 9.36 Å². The van der Waals surface area contributed by atoms with Gasteiger partial charge in [-0.05, 0) is 19.8 Å². The van der Waals surface area contributed by atoms with Crippen molar-refractivity contribution >= 4 is 16.7 Å². The average Bonchev–Trinajstić information content (AvgIpc) is 2.44. The number of hydrogen-bond acceptors (Lipinski definition) is 5. The van der Waals surface area contributed by atoms with E-state index in [-0.39, 0.29) is 12.1 Å².